The molecule has 7 rings (SSSR count). The first-order valence-electron chi connectivity index (χ1n) is 33.0. The highest BCUT2D eigenvalue weighted by molar-refractivity contribution is 8.00. The highest BCUT2D eigenvalue weighted by Crippen LogP contribution is 2.37. The van der Waals surface area contributed by atoms with Crippen LogP contribution in [0.5, 0.6) is 5.75 Å². The summed E-state index contributed by atoms with van der Waals surface area (Å²) in [4.78, 5) is 110. The van der Waals surface area contributed by atoms with Gasteiger partial charge in [-0.2, -0.15) is 0 Å². The van der Waals surface area contributed by atoms with Gasteiger partial charge in [0.25, 0.3) is 8.32 Å². The van der Waals surface area contributed by atoms with Crippen LogP contribution >= 0.6 is 11.8 Å². The van der Waals surface area contributed by atoms with E-state index in [0.29, 0.717) is 30.1 Å². The maximum atomic E-state index is 14.8. The van der Waals surface area contributed by atoms with E-state index < -0.39 is 105 Å². The molecule has 8 atom stereocenters. The zero-order chi connectivity index (χ0) is 69.2. The number of hydrogen-bond acceptors (Lipinski definition) is 15. The van der Waals surface area contributed by atoms with Crippen LogP contribution in [0.1, 0.15) is 97.3 Å². The molecule has 0 aromatic heterocycles. The van der Waals surface area contributed by atoms with Crippen molar-refractivity contribution in [2.24, 2.45) is 17.6 Å². The molecule has 5 aromatic carbocycles. The van der Waals surface area contributed by atoms with Gasteiger partial charge in [0.2, 0.25) is 41.4 Å². The van der Waals surface area contributed by atoms with Crippen LogP contribution in [0.15, 0.2) is 146 Å². The molecular formula is C72H97N10O12SSi+. The molecule has 5 aromatic rings. The number of amides is 7. The summed E-state index contributed by atoms with van der Waals surface area (Å²) in [6, 6.07) is 40.0. The molecule has 0 radical (unpaired) electrons. The van der Waals surface area contributed by atoms with Crippen molar-refractivity contribution in [1.29, 1.82) is 0 Å². The topological polar surface area (TPSA) is 299 Å². The fourth-order valence-electron chi connectivity index (χ4n) is 11.7. The molecule has 0 saturated carbocycles. The Hall–Kier alpha value is -8.58. The second kappa shape index (κ2) is 37.1. The Morgan fingerprint density at radius 3 is 1.74 bits per heavy atom. The van der Waals surface area contributed by atoms with Gasteiger partial charge >= 0.3 is 11.9 Å². The minimum absolute atomic E-state index is 0.0357. The minimum Gasteiger partial charge on any atom is -0.489 e. The molecule has 0 aliphatic carbocycles. The summed E-state index contributed by atoms with van der Waals surface area (Å²) in [5.41, 5.74) is 7.86. The predicted octanol–water partition coefficient (Wildman–Crippen LogP) is 4.11. The lowest BCUT2D eigenvalue weighted by atomic mass is 9.97. The van der Waals surface area contributed by atoms with Crippen LogP contribution in [0.2, 0.25) is 5.04 Å². The van der Waals surface area contributed by atoms with Crippen LogP contribution in [-0.2, 0) is 71.9 Å². The number of esters is 1. The summed E-state index contributed by atoms with van der Waals surface area (Å²) in [6.07, 6.45) is 1.57. The molecule has 0 saturated heterocycles. The van der Waals surface area contributed by atoms with Gasteiger partial charge in [0.1, 0.15) is 42.6 Å². The molecule has 0 bridgehead atoms. The number of carbonyl (C=O) groups is 8. The van der Waals surface area contributed by atoms with Crippen molar-refractivity contribution in [2.45, 2.75) is 148 Å². The van der Waals surface area contributed by atoms with Crippen LogP contribution in [-0.4, -0.2) is 160 Å². The molecule has 7 amide bonds. The van der Waals surface area contributed by atoms with Crippen LogP contribution in [0.3, 0.4) is 0 Å². The van der Waals surface area contributed by atoms with Crippen molar-refractivity contribution in [1.82, 2.24) is 42.5 Å². The molecule has 0 fully saturated rings. The second-order valence-electron chi connectivity index (χ2n) is 26.0. The number of methoxy groups -OCH3 is 1. The average Bonchev–Trinajstić information content (AvgIpc) is 0.748. The van der Waals surface area contributed by atoms with E-state index in [2.05, 4.69) is 116 Å². The van der Waals surface area contributed by atoms with Gasteiger partial charge in [-0.15, -0.1) is 11.8 Å². The summed E-state index contributed by atoms with van der Waals surface area (Å²) in [6.45, 7) is 15.9. The lowest BCUT2D eigenvalue weighted by Crippen LogP contribution is -2.68. The third kappa shape index (κ3) is 22.5. The van der Waals surface area contributed by atoms with E-state index in [9.17, 15) is 38.4 Å². The summed E-state index contributed by atoms with van der Waals surface area (Å²) in [5.74, 6) is -4.43. The van der Waals surface area contributed by atoms with Gasteiger partial charge in [0, 0.05) is 25.0 Å². The first-order valence-corrected chi connectivity index (χ1v) is 36.1. The minimum atomic E-state index is -2.74. The second-order valence-corrected chi connectivity index (χ2v) is 31.3. The molecule has 22 nitrogen and oxygen atoms in total. The van der Waals surface area contributed by atoms with Crippen molar-refractivity contribution in [3.05, 3.63) is 162 Å². The Morgan fingerprint density at radius 1 is 0.635 bits per heavy atom. The Labute approximate surface area is 569 Å². The molecule has 24 heteroatoms. The number of nitrogens with zero attached hydrogens (tertiary/aromatic N) is 1. The highest BCUT2D eigenvalue weighted by atomic mass is 32.2. The third-order valence-corrected chi connectivity index (χ3v) is 23.2. The summed E-state index contributed by atoms with van der Waals surface area (Å²) >= 11 is 1.45. The molecular weight excluding hydrogens is 1260 g/mol. The van der Waals surface area contributed by atoms with Crippen molar-refractivity contribution in [3.63, 3.8) is 0 Å². The van der Waals surface area contributed by atoms with Crippen molar-refractivity contribution in [2.75, 3.05) is 51.5 Å². The number of nitrogens with two attached hydrogens (primary N) is 1. The molecule has 2 aliphatic rings. The number of ether oxygens (including phenoxy) is 3. The highest BCUT2D eigenvalue weighted by Gasteiger charge is 2.51. The molecule has 2 heterocycles. The molecule has 10 N–H and O–H groups in total. The lowest BCUT2D eigenvalue weighted by Gasteiger charge is -2.44. The maximum absolute atomic E-state index is 14.8. The summed E-state index contributed by atoms with van der Waals surface area (Å²) in [5, 5.41) is 25.9. The van der Waals surface area contributed by atoms with Gasteiger partial charge in [-0.3, -0.25) is 48.8 Å². The van der Waals surface area contributed by atoms with E-state index in [-0.39, 0.29) is 60.8 Å². The van der Waals surface area contributed by atoms with Crippen molar-refractivity contribution < 1.29 is 61.6 Å². The Morgan fingerprint density at radius 2 is 1.17 bits per heavy atom. The molecule has 2 aliphatic heterocycles. The van der Waals surface area contributed by atoms with Crippen LogP contribution in [0, 0.1) is 11.8 Å². The van der Waals surface area contributed by atoms with Gasteiger partial charge in [-0.1, -0.05) is 188 Å². The van der Waals surface area contributed by atoms with Gasteiger partial charge < -0.3 is 56.3 Å². The number of primary amides is 1. The Kier molecular flexibility index (Phi) is 28.9. The van der Waals surface area contributed by atoms with Gasteiger partial charge in [-0.05, 0) is 62.5 Å². The molecule has 96 heavy (non-hydrogen) atoms. The number of rotatable bonds is 36. The van der Waals surface area contributed by atoms with Crippen LogP contribution in [0.25, 0.3) is 0 Å². The first kappa shape index (κ1) is 74.8. The van der Waals surface area contributed by atoms with E-state index in [1.54, 1.807) is 31.2 Å². The van der Waals surface area contributed by atoms with E-state index in [0.717, 1.165) is 43.0 Å². The van der Waals surface area contributed by atoms with Gasteiger partial charge in [0.05, 0.1) is 70.8 Å². The summed E-state index contributed by atoms with van der Waals surface area (Å²) < 4.78 is 26.6. The number of nitrogens with one attached hydrogen (secondary N) is 8. The maximum Gasteiger partial charge on any atom is 0.346 e. The van der Waals surface area contributed by atoms with E-state index >= 15 is 0 Å². The van der Waals surface area contributed by atoms with Crippen molar-refractivity contribution in [3.8, 4) is 5.75 Å². The van der Waals surface area contributed by atoms with E-state index in [4.69, 9.17) is 24.4 Å². The van der Waals surface area contributed by atoms with Crippen LogP contribution in [0.4, 0.5) is 0 Å². The predicted molar refractivity (Wildman–Crippen MR) is 373 cm³/mol. The normalized spacial score (nSPS) is 16.5. The molecule has 0 spiro atoms. The smallest absolute Gasteiger partial charge is 0.346 e. The van der Waals surface area contributed by atoms with Gasteiger partial charge in [0.15, 0.2) is 0 Å². The average molecular weight is 1350 g/mol. The third-order valence-electron chi connectivity index (χ3n) is 17.0. The fraction of sp³-hybridized carbons (Fsp3) is 0.458. The first-order chi connectivity index (χ1) is 46.0. The zero-order valence-electron chi connectivity index (χ0n) is 56.5. The molecule has 2 unspecified atom stereocenters. The van der Waals surface area contributed by atoms with Crippen LogP contribution < -0.4 is 63.4 Å². The van der Waals surface area contributed by atoms with Crippen molar-refractivity contribution >= 4 is 83.7 Å². The Balaban J connectivity index is 0.979. The molecule has 516 valence electrons. The number of hydrogen-bond donors (Lipinski definition) is 9. The SMILES string of the molecule is CC[C@H](C)[C@H](NC(=O)CNC(=O)CSCC1CC[N+]2=C(NC(CO[Si](c3ccccc3)(c3ccccc3)C(C)(C)C)CC2)N1)C(=O)N[C@@H](COCc1ccccc1)C(=O)N[C@@H](Cc1ccc(OCc2ccccc2)cc1)C(=O)N[C@@H](CC(N)=O)C(=O)N[C@@H](CC(C)C)C(=O)OC. The monoisotopic (exact) mass is 1350 g/mol. The largest absolute Gasteiger partial charge is 0.489 e. The number of thioether (sulfide) groups is 1. The van der Waals surface area contributed by atoms with E-state index in [1.165, 1.54) is 29.2 Å². The quantitative estimate of drug-likeness (QED) is 0.0155. The standard InChI is InChI=1S/C72H96N10O12SSi/c1-9-49(4)65(81-63(84)41-74-64(85)47-95-46-54-35-37-82-36-34-53(75-71(82)76-54)44-94-96(72(5,6)7,56-26-18-12-19-27-56)57-28-20-13-21-29-57)69(89)80-61(45-92-42-51-22-14-10-15-23-51)68(88)77-58(39-50-30-32-55(33-31-50)93-43-52-24-16-11-17-25-52)66(86)78-59(40-62(73)83)67(87)79-60(38-48(2)3)70(90)91-8/h10-33,48-49,53-54,58-61,65H,9,34-47H2,1-8H3,(H9,73,74,75,76,77,78,79,80,81,83,84,85,86,87,88,89)/p+1/t49-,53?,54?,58-,59-,60-,61-,65-/m0/s1. The zero-order valence-corrected chi connectivity index (χ0v) is 58.3. The van der Waals surface area contributed by atoms with E-state index in [1.807, 2.05) is 93.6 Å². The number of benzene rings is 5. The number of guanidine groups is 1. The lowest BCUT2D eigenvalue weighted by molar-refractivity contribution is -0.542. The number of carbonyl (C=O) groups excluding carboxylic acids is 8. The van der Waals surface area contributed by atoms with Gasteiger partial charge in [-0.25, -0.2) is 4.79 Å². The summed E-state index contributed by atoms with van der Waals surface area (Å²) in [7, 11) is -1.57. The fourth-order valence-corrected chi connectivity index (χ4v) is 17.2. The Bertz CT molecular complexity index is 3350.